The number of amides is 1. The summed E-state index contributed by atoms with van der Waals surface area (Å²) in [4.78, 5) is 18.8. The smallest absolute Gasteiger partial charge is 0.255 e. The fourth-order valence-corrected chi connectivity index (χ4v) is 4.04. The van der Waals surface area contributed by atoms with Crippen molar-refractivity contribution in [2.24, 2.45) is 11.3 Å². The summed E-state index contributed by atoms with van der Waals surface area (Å²) in [5, 5.41) is 0. The van der Waals surface area contributed by atoms with Crippen molar-refractivity contribution in [2.75, 3.05) is 32.9 Å². The Morgan fingerprint density at radius 1 is 1.32 bits per heavy atom. The van der Waals surface area contributed by atoms with E-state index in [-0.39, 0.29) is 17.4 Å². The number of carbonyl (C=O) groups excluding carboxylic acids is 1. The lowest BCUT2D eigenvalue weighted by molar-refractivity contribution is 0.00938. The van der Waals surface area contributed by atoms with E-state index in [0.29, 0.717) is 5.56 Å². The molecule has 136 valence electrons. The van der Waals surface area contributed by atoms with Crippen molar-refractivity contribution >= 4 is 5.91 Å². The number of ether oxygens (including phenoxy) is 2. The van der Waals surface area contributed by atoms with Crippen molar-refractivity contribution in [3.63, 3.8) is 0 Å². The molecule has 1 aromatic rings. The molecule has 2 aliphatic heterocycles. The van der Waals surface area contributed by atoms with Gasteiger partial charge in [0.2, 0.25) is 0 Å². The molecule has 3 fully saturated rings. The molecule has 5 nitrogen and oxygen atoms in total. The van der Waals surface area contributed by atoms with E-state index in [0.717, 1.165) is 63.7 Å². The van der Waals surface area contributed by atoms with Crippen LogP contribution < -0.4 is 0 Å². The summed E-state index contributed by atoms with van der Waals surface area (Å²) in [6.45, 7) is 6.04. The second-order valence-electron chi connectivity index (χ2n) is 8.16. The predicted molar refractivity (Wildman–Crippen MR) is 94.4 cm³/mol. The number of hydrogen-bond acceptors (Lipinski definition) is 4. The molecule has 3 heterocycles. The molecule has 1 saturated carbocycles. The van der Waals surface area contributed by atoms with Crippen LogP contribution in [-0.4, -0.2) is 54.8 Å². The number of carbonyl (C=O) groups is 1. The summed E-state index contributed by atoms with van der Waals surface area (Å²) in [5.41, 5.74) is 1.97. The van der Waals surface area contributed by atoms with E-state index in [1.54, 1.807) is 12.4 Å². The largest absolute Gasteiger partial charge is 0.378 e. The van der Waals surface area contributed by atoms with Gasteiger partial charge in [0.1, 0.15) is 0 Å². The van der Waals surface area contributed by atoms with Gasteiger partial charge in [-0.25, -0.2) is 0 Å². The van der Waals surface area contributed by atoms with Crippen molar-refractivity contribution in [3.05, 3.63) is 29.6 Å². The first kappa shape index (κ1) is 17.0. The highest BCUT2D eigenvalue weighted by molar-refractivity contribution is 5.94. The summed E-state index contributed by atoms with van der Waals surface area (Å²) in [6.07, 6.45) is 9.47. The highest BCUT2D eigenvalue weighted by Gasteiger charge is 2.43. The first-order valence-corrected chi connectivity index (χ1v) is 9.54. The number of hydrogen-bond donors (Lipinski definition) is 0. The molecular formula is C20H28N2O3. The van der Waals surface area contributed by atoms with Crippen LogP contribution in [0.1, 0.15) is 48.0 Å². The zero-order chi connectivity index (χ0) is 17.3. The van der Waals surface area contributed by atoms with Gasteiger partial charge in [-0.05, 0) is 62.0 Å². The minimum Gasteiger partial charge on any atom is -0.378 e. The fraction of sp³-hybridized carbons (Fsp3) is 0.700. The van der Waals surface area contributed by atoms with Crippen LogP contribution in [0.2, 0.25) is 0 Å². The Morgan fingerprint density at radius 3 is 2.84 bits per heavy atom. The Kier molecular flexibility index (Phi) is 4.78. The minimum atomic E-state index is 0.106. The third-order valence-corrected chi connectivity index (χ3v) is 5.87. The Balaban J connectivity index is 1.27. The van der Waals surface area contributed by atoms with E-state index in [9.17, 15) is 4.79 Å². The molecule has 4 rings (SSSR count). The molecule has 0 N–H and O–H groups in total. The standard InChI is InChI=1S/C20H28N2O3/c1-15-8-17(11-21-10-15)19(23)22-6-4-20(5-7-22)9-18(25-14-20)13-24-12-16-2-3-16/h8,10-11,16,18H,2-7,9,12-14H2,1H3/t18-/m0/s1. The van der Waals surface area contributed by atoms with E-state index in [4.69, 9.17) is 9.47 Å². The number of nitrogens with zero attached hydrogens (tertiary/aromatic N) is 2. The number of aryl methyl sites for hydroxylation is 1. The van der Waals surface area contributed by atoms with E-state index in [2.05, 4.69) is 4.98 Å². The average Bonchev–Trinajstić information content (AvgIpc) is 3.36. The Bertz CT molecular complexity index is 621. The van der Waals surface area contributed by atoms with Crippen molar-refractivity contribution in [3.8, 4) is 0 Å². The lowest BCUT2D eigenvalue weighted by Gasteiger charge is -2.38. The molecule has 0 radical (unpaired) electrons. The van der Waals surface area contributed by atoms with Gasteiger partial charge < -0.3 is 14.4 Å². The van der Waals surface area contributed by atoms with Gasteiger partial charge in [-0.1, -0.05) is 0 Å². The van der Waals surface area contributed by atoms with Gasteiger partial charge in [0, 0.05) is 32.1 Å². The molecule has 1 aromatic heterocycles. The normalized spacial score (nSPS) is 25.5. The van der Waals surface area contributed by atoms with Crippen LogP contribution in [0.4, 0.5) is 0 Å². The molecule has 1 aliphatic carbocycles. The predicted octanol–water partition coefficient (Wildman–Crippen LogP) is 2.83. The van der Waals surface area contributed by atoms with E-state index in [1.165, 1.54) is 12.8 Å². The molecule has 2 saturated heterocycles. The summed E-state index contributed by atoms with van der Waals surface area (Å²) in [7, 11) is 0. The molecular weight excluding hydrogens is 316 g/mol. The lowest BCUT2D eigenvalue weighted by Crippen LogP contribution is -2.43. The monoisotopic (exact) mass is 344 g/mol. The average molecular weight is 344 g/mol. The van der Waals surface area contributed by atoms with Crippen molar-refractivity contribution in [1.82, 2.24) is 9.88 Å². The third-order valence-electron chi connectivity index (χ3n) is 5.87. The number of piperidine rings is 1. The molecule has 1 amide bonds. The van der Waals surface area contributed by atoms with Gasteiger partial charge in [0.25, 0.3) is 5.91 Å². The number of rotatable bonds is 5. The van der Waals surface area contributed by atoms with E-state index < -0.39 is 0 Å². The second-order valence-corrected chi connectivity index (χ2v) is 8.16. The Labute approximate surface area is 149 Å². The van der Waals surface area contributed by atoms with Crippen LogP contribution >= 0.6 is 0 Å². The summed E-state index contributed by atoms with van der Waals surface area (Å²) < 4.78 is 11.8. The third kappa shape index (κ3) is 4.04. The van der Waals surface area contributed by atoms with Gasteiger partial charge in [0.15, 0.2) is 0 Å². The fourth-order valence-electron chi connectivity index (χ4n) is 4.04. The first-order valence-electron chi connectivity index (χ1n) is 9.54. The first-order chi connectivity index (χ1) is 12.1. The van der Waals surface area contributed by atoms with Crippen LogP contribution in [0.15, 0.2) is 18.5 Å². The second kappa shape index (κ2) is 7.04. The van der Waals surface area contributed by atoms with Gasteiger partial charge in [-0.15, -0.1) is 0 Å². The van der Waals surface area contributed by atoms with E-state index in [1.807, 2.05) is 17.9 Å². The van der Waals surface area contributed by atoms with Gasteiger partial charge >= 0.3 is 0 Å². The molecule has 0 aromatic carbocycles. The van der Waals surface area contributed by atoms with Crippen LogP contribution in [-0.2, 0) is 9.47 Å². The summed E-state index contributed by atoms with van der Waals surface area (Å²) >= 11 is 0. The van der Waals surface area contributed by atoms with Gasteiger partial charge in [-0.2, -0.15) is 0 Å². The quantitative estimate of drug-likeness (QED) is 0.824. The molecule has 5 heteroatoms. The Hall–Kier alpha value is -1.46. The van der Waals surface area contributed by atoms with E-state index >= 15 is 0 Å². The SMILES string of the molecule is Cc1cncc(C(=O)N2CCC3(CC2)CO[C@H](COCC2CC2)C3)c1. The van der Waals surface area contributed by atoms with Crippen molar-refractivity contribution in [2.45, 2.75) is 45.1 Å². The molecule has 3 aliphatic rings. The topological polar surface area (TPSA) is 51.7 Å². The summed E-state index contributed by atoms with van der Waals surface area (Å²) in [5.74, 6) is 0.912. The molecule has 1 atom stereocenters. The van der Waals surface area contributed by atoms with Gasteiger partial charge in [-0.3, -0.25) is 9.78 Å². The zero-order valence-corrected chi connectivity index (χ0v) is 15.1. The zero-order valence-electron chi connectivity index (χ0n) is 15.1. The van der Waals surface area contributed by atoms with Crippen LogP contribution in [0.25, 0.3) is 0 Å². The molecule has 0 bridgehead atoms. The maximum Gasteiger partial charge on any atom is 0.255 e. The van der Waals surface area contributed by atoms with Gasteiger partial charge in [0.05, 0.1) is 24.9 Å². The lowest BCUT2D eigenvalue weighted by atomic mass is 9.76. The number of pyridine rings is 1. The number of aromatic nitrogens is 1. The highest BCUT2D eigenvalue weighted by atomic mass is 16.5. The summed E-state index contributed by atoms with van der Waals surface area (Å²) in [6, 6.07) is 1.92. The highest BCUT2D eigenvalue weighted by Crippen LogP contribution is 2.42. The molecule has 0 unspecified atom stereocenters. The minimum absolute atomic E-state index is 0.106. The number of likely N-dealkylation sites (tertiary alicyclic amines) is 1. The van der Waals surface area contributed by atoms with Crippen LogP contribution in [0.3, 0.4) is 0 Å². The maximum absolute atomic E-state index is 12.7. The van der Waals surface area contributed by atoms with Crippen LogP contribution in [0, 0.1) is 18.3 Å². The molecule has 1 spiro atoms. The van der Waals surface area contributed by atoms with Crippen molar-refractivity contribution in [1.29, 1.82) is 0 Å². The van der Waals surface area contributed by atoms with Crippen molar-refractivity contribution < 1.29 is 14.3 Å². The molecule has 25 heavy (non-hydrogen) atoms. The Morgan fingerprint density at radius 2 is 2.12 bits per heavy atom. The van der Waals surface area contributed by atoms with Crippen LogP contribution in [0.5, 0.6) is 0 Å². The maximum atomic E-state index is 12.7.